The number of rotatable bonds is 2. The zero-order valence-corrected chi connectivity index (χ0v) is 11.7. The molecular weight excluding hydrogens is 254 g/mol. The van der Waals surface area contributed by atoms with Crippen LogP contribution < -0.4 is 5.43 Å². The molecule has 3 atom stereocenters. The minimum Gasteiger partial charge on any atom is -0.480 e. The summed E-state index contributed by atoms with van der Waals surface area (Å²) >= 11 is 0. The van der Waals surface area contributed by atoms with Crippen molar-refractivity contribution in [3.8, 4) is 0 Å². The lowest BCUT2D eigenvalue weighted by Crippen LogP contribution is -2.55. The number of fused-ring (bicyclic) bond motifs is 1. The minimum atomic E-state index is -0.714. The highest BCUT2D eigenvalue weighted by Crippen LogP contribution is 2.31. The van der Waals surface area contributed by atoms with Gasteiger partial charge in [0.1, 0.15) is 6.04 Å². The summed E-state index contributed by atoms with van der Waals surface area (Å²) in [4.78, 5) is 11.8. The average Bonchev–Trinajstić information content (AvgIpc) is 2.78. The highest BCUT2D eigenvalue weighted by molar-refractivity contribution is 5.74. The molecule has 0 saturated carbocycles. The van der Waals surface area contributed by atoms with E-state index in [0.717, 1.165) is 38.8 Å². The monoisotopic (exact) mass is 277 g/mol. The topological polar surface area (TPSA) is 55.8 Å². The van der Waals surface area contributed by atoms with E-state index >= 15 is 0 Å². The van der Waals surface area contributed by atoms with Crippen LogP contribution in [0.2, 0.25) is 0 Å². The van der Waals surface area contributed by atoms with Crippen molar-refractivity contribution in [2.75, 3.05) is 13.1 Å². The molecule has 110 valence electrons. The van der Waals surface area contributed by atoms with Gasteiger partial charge in [-0.25, -0.2) is 10.4 Å². The number of aliphatic carboxylic acids is 1. The number of allylic oxidation sites excluding steroid dienone is 3. The second-order valence-corrected chi connectivity index (χ2v) is 5.85. The number of carbonyl (C=O) groups is 1. The van der Waals surface area contributed by atoms with Gasteiger partial charge in [0.15, 0.2) is 0 Å². The zero-order valence-electron chi connectivity index (χ0n) is 11.7. The van der Waals surface area contributed by atoms with Crippen LogP contribution in [0.5, 0.6) is 0 Å². The zero-order chi connectivity index (χ0) is 13.9. The summed E-state index contributed by atoms with van der Waals surface area (Å²) in [5.74, 6) is -0.579. The molecule has 0 bridgehead atoms. The van der Waals surface area contributed by atoms with Crippen LogP contribution in [0.1, 0.15) is 32.1 Å². The molecule has 0 spiro atoms. The molecule has 2 heterocycles. The lowest BCUT2D eigenvalue weighted by molar-refractivity contribution is -0.158. The molecule has 20 heavy (non-hydrogen) atoms. The Balaban J connectivity index is 1.81. The van der Waals surface area contributed by atoms with Crippen molar-refractivity contribution < 1.29 is 9.90 Å². The summed E-state index contributed by atoms with van der Waals surface area (Å²) in [5.41, 5.74) is 3.42. The van der Waals surface area contributed by atoms with Gasteiger partial charge >= 0.3 is 5.97 Å². The molecule has 5 heteroatoms. The first-order valence-corrected chi connectivity index (χ1v) is 7.64. The van der Waals surface area contributed by atoms with E-state index in [1.165, 1.54) is 6.42 Å². The van der Waals surface area contributed by atoms with Gasteiger partial charge in [0.25, 0.3) is 0 Å². The quantitative estimate of drug-likeness (QED) is 0.802. The molecule has 0 radical (unpaired) electrons. The van der Waals surface area contributed by atoms with Gasteiger partial charge in [0.05, 0.1) is 0 Å². The normalized spacial score (nSPS) is 38.7. The first-order chi connectivity index (χ1) is 9.77. The van der Waals surface area contributed by atoms with Gasteiger partial charge in [-0.15, -0.1) is 0 Å². The lowest BCUT2D eigenvalue weighted by atomic mass is 9.88. The molecule has 0 aromatic carbocycles. The van der Waals surface area contributed by atoms with Crippen LogP contribution in [0.25, 0.3) is 0 Å². The molecule has 3 unspecified atom stereocenters. The SMILES string of the molecule is O=C(O)C1C2CC/C=C\C=C/C2NN1N1CCCCC1. The maximum Gasteiger partial charge on any atom is 0.324 e. The van der Waals surface area contributed by atoms with Crippen LogP contribution in [0.3, 0.4) is 0 Å². The largest absolute Gasteiger partial charge is 0.480 e. The number of piperidine rings is 1. The molecule has 5 nitrogen and oxygen atoms in total. The highest BCUT2D eigenvalue weighted by atomic mass is 16.4. The van der Waals surface area contributed by atoms with E-state index in [4.69, 9.17) is 0 Å². The van der Waals surface area contributed by atoms with E-state index in [-0.39, 0.29) is 12.0 Å². The molecule has 2 saturated heterocycles. The van der Waals surface area contributed by atoms with Crippen molar-refractivity contribution in [3.63, 3.8) is 0 Å². The Morgan fingerprint density at radius 2 is 2.00 bits per heavy atom. The van der Waals surface area contributed by atoms with E-state index in [2.05, 4.69) is 28.7 Å². The minimum absolute atomic E-state index is 0.128. The van der Waals surface area contributed by atoms with E-state index < -0.39 is 12.0 Å². The van der Waals surface area contributed by atoms with Gasteiger partial charge < -0.3 is 5.11 Å². The van der Waals surface area contributed by atoms with Crippen LogP contribution in [-0.2, 0) is 4.79 Å². The molecule has 3 aliphatic rings. The Bertz CT molecular complexity index is 415. The van der Waals surface area contributed by atoms with Crippen molar-refractivity contribution in [2.24, 2.45) is 5.92 Å². The fourth-order valence-corrected chi connectivity index (χ4v) is 3.52. The first kappa shape index (κ1) is 13.8. The summed E-state index contributed by atoms with van der Waals surface area (Å²) in [7, 11) is 0. The Labute approximate surface area is 119 Å². The van der Waals surface area contributed by atoms with Gasteiger partial charge in [0, 0.05) is 25.0 Å². The molecule has 3 rings (SSSR count). The molecule has 2 N–H and O–H groups in total. The summed E-state index contributed by atoms with van der Waals surface area (Å²) in [6, 6.07) is -0.322. The van der Waals surface area contributed by atoms with Crippen LogP contribution in [0.15, 0.2) is 24.3 Å². The van der Waals surface area contributed by atoms with Gasteiger partial charge in [-0.2, -0.15) is 5.12 Å². The Morgan fingerprint density at radius 1 is 1.20 bits per heavy atom. The van der Waals surface area contributed by atoms with Gasteiger partial charge in [0.2, 0.25) is 0 Å². The average molecular weight is 277 g/mol. The number of nitrogens with zero attached hydrogens (tertiary/aromatic N) is 2. The third-order valence-electron chi connectivity index (χ3n) is 4.53. The van der Waals surface area contributed by atoms with E-state index in [9.17, 15) is 9.90 Å². The maximum absolute atomic E-state index is 11.8. The first-order valence-electron chi connectivity index (χ1n) is 7.64. The number of carboxylic acids is 1. The second-order valence-electron chi connectivity index (χ2n) is 5.85. The maximum atomic E-state index is 11.8. The molecule has 0 aromatic heterocycles. The predicted octanol–water partition coefficient (Wildman–Crippen LogP) is 1.55. The van der Waals surface area contributed by atoms with Gasteiger partial charge in [-0.1, -0.05) is 30.7 Å². The van der Waals surface area contributed by atoms with Crippen LogP contribution in [0, 0.1) is 5.92 Å². The highest BCUT2D eigenvalue weighted by Gasteiger charge is 2.46. The molecule has 0 aromatic rings. The van der Waals surface area contributed by atoms with Crippen LogP contribution in [-0.4, -0.2) is 46.4 Å². The molecule has 1 aliphatic carbocycles. The summed E-state index contributed by atoms with van der Waals surface area (Å²) < 4.78 is 0. The summed E-state index contributed by atoms with van der Waals surface area (Å²) in [5, 5.41) is 13.8. The molecule has 2 fully saturated rings. The van der Waals surface area contributed by atoms with E-state index in [1.54, 1.807) is 0 Å². The summed E-state index contributed by atoms with van der Waals surface area (Å²) in [6.07, 6.45) is 13.7. The van der Waals surface area contributed by atoms with E-state index in [0.29, 0.717) is 0 Å². The lowest BCUT2D eigenvalue weighted by Gasteiger charge is -2.37. The molecular formula is C15H23N3O2. The third kappa shape index (κ3) is 2.66. The summed E-state index contributed by atoms with van der Waals surface area (Å²) in [6.45, 7) is 1.91. The smallest absolute Gasteiger partial charge is 0.324 e. The van der Waals surface area contributed by atoms with Crippen molar-refractivity contribution in [3.05, 3.63) is 24.3 Å². The second kappa shape index (κ2) is 6.08. The standard InChI is InChI=1S/C15H23N3O2/c19-15(20)14-12-8-4-1-2-5-9-13(12)16-18(14)17-10-6-3-7-11-17/h1-2,5,9,12-14,16H,3-4,6-8,10-11H2,(H,19,20)/b2-1-,9-5-. The number of hydrogen-bond donors (Lipinski definition) is 2. The number of hydrazine groups is 2. The fourth-order valence-electron chi connectivity index (χ4n) is 3.52. The Hall–Kier alpha value is -1.17. The molecule has 2 aliphatic heterocycles. The van der Waals surface area contributed by atoms with Crippen molar-refractivity contribution in [2.45, 2.75) is 44.2 Å². The van der Waals surface area contributed by atoms with Gasteiger partial charge in [-0.3, -0.25) is 4.79 Å². The van der Waals surface area contributed by atoms with Crippen molar-refractivity contribution in [1.29, 1.82) is 0 Å². The predicted molar refractivity (Wildman–Crippen MR) is 76.6 cm³/mol. The van der Waals surface area contributed by atoms with E-state index in [1.807, 2.05) is 11.2 Å². The van der Waals surface area contributed by atoms with Crippen LogP contribution in [0.4, 0.5) is 0 Å². The number of nitrogens with one attached hydrogen (secondary N) is 1. The van der Waals surface area contributed by atoms with Crippen LogP contribution >= 0.6 is 0 Å². The van der Waals surface area contributed by atoms with Crippen molar-refractivity contribution >= 4 is 5.97 Å². The Kier molecular flexibility index (Phi) is 4.19. The molecule has 0 amide bonds. The van der Waals surface area contributed by atoms with Gasteiger partial charge in [-0.05, 0) is 25.7 Å². The Morgan fingerprint density at radius 3 is 2.75 bits per heavy atom. The number of carboxylic acid groups (broad SMARTS) is 1. The number of hydrogen-bond acceptors (Lipinski definition) is 4. The third-order valence-corrected chi connectivity index (χ3v) is 4.53. The fraction of sp³-hybridized carbons (Fsp3) is 0.667. The van der Waals surface area contributed by atoms with Crippen molar-refractivity contribution in [1.82, 2.24) is 15.6 Å².